The molecular formula is C57H101N3O20. The van der Waals surface area contributed by atoms with Gasteiger partial charge in [-0.1, -0.05) is 168 Å². The van der Waals surface area contributed by atoms with Crippen molar-refractivity contribution in [2.45, 2.75) is 212 Å². The third kappa shape index (κ3) is 50.0. The summed E-state index contributed by atoms with van der Waals surface area (Å²) in [6.07, 6.45) is 29.1. The van der Waals surface area contributed by atoms with Crippen molar-refractivity contribution in [2.75, 3.05) is 98.6 Å². The lowest BCUT2D eigenvalue weighted by molar-refractivity contribution is -0.168. The van der Waals surface area contributed by atoms with E-state index in [0.717, 1.165) is 48.3 Å². The maximum Gasteiger partial charge on any atom is 0.332 e. The van der Waals surface area contributed by atoms with E-state index in [1.165, 1.54) is 120 Å². The molecule has 0 rings (SSSR count). The van der Waals surface area contributed by atoms with E-state index in [1.54, 1.807) is 0 Å². The number of carbonyl (C=O) groups is 9. The summed E-state index contributed by atoms with van der Waals surface area (Å²) in [5.41, 5.74) is 0. The van der Waals surface area contributed by atoms with Crippen molar-refractivity contribution in [2.24, 2.45) is 0 Å². The molecule has 0 amide bonds. The standard InChI is InChI=1S/C57H101N3O20/c1-3-5-7-9-11-13-15-17-19-21-23-25-27-29-54(71)78-44-48(80-55(72)30-28-26-24-22-20-18-16-14-12-10-8-6-4-2)45-79-57(74)46-76-34-33-75-35-36-77-56(73)43-60(42-53(69)70)47(37-49(61)62)38-58(39-50(63)64)31-32-59(40-51(65)66)41-52(67)68/h47-48H,3-46H2,1-2H3,(H,61,62)(H,63,64)(H,65,66)(H,67,68)(H,69,70). The molecule has 0 aromatic heterocycles. The van der Waals surface area contributed by atoms with Crippen molar-refractivity contribution in [3.8, 4) is 0 Å². The van der Waals surface area contributed by atoms with Crippen LogP contribution in [0, 0.1) is 0 Å². The highest BCUT2D eigenvalue weighted by atomic mass is 16.6. The van der Waals surface area contributed by atoms with Crippen molar-refractivity contribution < 1.29 is 97.1 Å². The van der Waals surface area contributed by atoms with E-state index in [4.69, 9.17) is 38.6 Å². The van der Waals surface area contributed by atoms with E-state index in [2.05, 4.69) is 13.8 Å². The molecule has 80 heavy (non-hydrogen) atoms. The van der Waals surface area contributed by atoms with Gasteiger partial charge in [0.05, 0.1) is 59.0 Å². The van der Waals surface area contributed by atoms with Crippen LogP contribution < -0.4 is 0 Å². The first kappa shape index (κ1) is 75.0. The van der Waals surface area contributed by atoms with Gasteiger partial charge in [0.2, 0.25) is 0 Å². The molecule has 0 aromatic carbocycles. The van der Waals surface area contributed by atoms with Crippen LogP contribution in [0.15, 0.2) is 0 Å². The second-order valence-corrected chi connectivity index (χ2v) is 20.5. The predicted octanol–water partition coefficient (Wildman–Crippen LogP) is 7.61. The smallest absolute Gasteiger partial charge is 0.332 e. The number of carbonyl (C=O) groups excluding carboxylic acids is 4. The lowest BCUT2D eigenvalue weighted by atomic mass is 10.0. The van der Waals surface area contributed by atoms with Crippen LogP contribution >= 0.6 is 0 Å². The van der Waals surface area contributed by atoms with Crippen molar-refractivity contribution >= 4 is 53.7 Å². The minimum Gasteiger partial charge on any atom is -0.481 e. The van der Waals surface area contributed by atoms with Gasteiger partial charge >= 0.3 is 53.7 Å². The highest BCUT2D eigenvalue weighted by Gasteiger charge is 2.29. The third-order valence-electron chi connectivity index (χ3n) is 13.1. The van der Waals surface area contributed by atoms with E-state index in [1.807, 2.05) is 0 Å². The Morgan fingerprint density at radius 3 is 1.21 bits per heavy atom. The number of esters is 4. The van der Waals surface area contributed by atoms with Crippen LogP contribution in [0.2, 0.25) is 0 Å². The van der Waals surface area contributed by atoms with E-state index < -0.39 is 118 Å². The average Bonchev–Trinajstić information content (AvgIpc) is 3.38. The Hall–Kier alpha value is -4.97. The molecule has 0 saturated carbocycles. The Bertz CT molecular complexity index is 1670. The summed E-state index contributed by atoms with van der Waals surface area (Å²) >= 11 is 0. The molecule has 0 radical (unpaired) electrons. The molecule has 0 heterocycles. The highest BCUT2D eigenvalue weighted by Crippen LogP contribution is 2.16. The minimum absolute atomic E-state index is 0.0545. The molecule has 0 aromatic rings. The Balaban J connectivity index is 5.02. The molecule has 23 nitrogen and oxygen atoms in total. The molecular weight excluding hydrogens is 1050 g/mol. The number of unbranched alkanes of at least 4 members (excludes halogenated alkanes) is 24. The summed E-state index contributed by atoms with van der Waals surface area (Å²) < 4.78 is 32.3. The summed E-state index contributed by atoms with van der Waals surface area (Å²) in [6.45, 7) is -1.81. The van der Waals surface area contributed by atoms with Crippen LogP contribution in [0.4, 0.5) is 0 Å². The largest absolute Gasteiger partial charge is 0.481 e. The van der Waals surface area contributed by atoms with Crippen molar-refractivity contribution in [1.82, 2.24) is 14.7 Å². The van der Waals surface area contributed by atoms with Crippen LogP contribution in [0.25, 0.3) is 0 Å². The molecule has 0 fully saturated rings. The number of nitrogens with zero attached hydrogens (tertiary/aromatic N) is 3. The first-order valence-electron chi connectivity index (χ1n) is 29.5. The number of hydrogen-bond acceptors (Lipinski definition) is 18. The second-order valence-electron chi connectivity index (χ2n) is 20.5. The van der Waals surface area contributed by atoms with Crippen molar-refractivity contribution in [3.05, 3.63) is 0 Å². The first-order chi connectivity index (χ1) is 38.4. The highest BCUT2D eigenvalue weighted by molar-refractivity contribution is 5.75. The Labute approximate surface area is 475 Å². The van der Waals surface area contributed by atoms with Crippen LogP contribution in [0.5, 0.6) is 0 Å². The molecule has 0 aliphatic carbocycles. The first-order valence-corrected chi connectivity index (χ1v) is 29.5. The summed E-state index contributed by atoms with van der Waals surface area (Å²) in [6, 6.07) is -1.26. The van der Waals surface area contributed by atoms with Gasteiger partial charge in [-0.15, -0.1) is 0 Å². The van der Waals surface area contributed by atoms with E-state index in [-0.39, 0.29) is 65.6 Å². The molecule has 0 aliphatic heterocycles. The zero-order chi connectivity index (χ0) is 59.4. The summed E-state index contributed by atoms with van der Waals surface area (Å²) in [5.74, 6) is -9.51. The topological polar surface area (TPSA) is 320 Å². The molecule has 2 unspecified atom stereocenters. The molecule has 464 valence electrons. The minimum atomic E-state index is -1.44. The fourth-order valence-corrected chi connectivity index (χ4v) is 8.82. The van der Waals surface area contributed by atoms with Crippen LogP contribution in [-0.2, 0) is 71.6 Å². The fraction of sp³-hybridized carbons (Fsp3) is 0.842. The zero-order valence-electron chi connectivity index (χ0n) is 48.5. The number of hydrogen-bond donors (Lipinski definition) is 5. The van der Waals surface area contributed by atoms with Crippen LogP contribution in [0.3, 0.4) is 0 Å². The summed E-state index contributed by atoms with van der Waals surface area (Å²) in [7, 11) is 0. The molecule has 23 heteroatoms. The molecule has 2 atom stereocenters. The molecule has 0 bridgehead atoms. The van der Waals surface area contributed by atoms with Crippen LogP contribution in [-0.4, -0.2) is 205 Å². The summed E-state index contributed by atoms with van der Waals surface area (Å²) in [5, 5.41) is 47.0. The molecule has 0 aliphatic rings. The maximum absolute atomic E-state index is 12.8. The predicted molar refractivity (Wildman–Crippen MR) is 296 cm³/mol. The van der Waals surface area contributed by atoms with Gasteiger partial charge in [-0.3, -0.25) is 53.1 Å². The maximum atomic E-state index is 12.8. The SMILES string of the molecule is CCCCCCCCCCCCCCCC(=O)OCC(COC(=O)COCCOCCOC(=O)CN(CC(=O)O)C(CC(=O)O)CN(CCN(CC(=O)O)CC(=O)O)CC(=O)O)OC(=O)CCCCCCCCCCCCCCC. The van der Waals surface area contributed by atoms with Gasteiger partial charge in [0.15, 0.2) is 6.10 Å². The Kier molecular flexibility index (Phi) is 48.9. The normalized spacial score (nSPS) is 12.1. The van der Waals surface area contributed by atoms with Gasteiger partial charge in [0, 0.05) is 38.5 Å². The zero-order valence-corrected chi connectivity index (χ0v) is 48.5. The Morgan fingerprint density at radius 2 is 0.762 bits per heavy atom. The third-order valence-corrected chi connectivity index (χ3v) is 13.1. The summed E-state index contributed by atoms with van der Waals surface area (Å²) in [4.78, 5) is 112. The van der Waals surface area contributed by atoms with Crippen molar-refractivity contribution in [3.63, 3.8) is 0 Å². The quantitative estimate of drug-likeness (QED) is 0.0222. The molecule has 5 N–H and O–H groups in total. The average molecular weight is 1150 g/mol. The van der Waals surface area contributed by atoms with Gasteiger partial charge < -0.3 is 54.0 Å². The van der Waals surface area contributed by atoms with Crippen molar-refractivity contribution in [1.29, 1.82) is 0 Å². The van der Waals surface area contributed by atoms with Gasteiger partial charge in [0.25, 0.3) is 0 Å². The number of carboxylic acids is 5. The molecule has 0 saturated heterocycles. The lowest BCUT2D eigenvalue weighted by Gasteiger charge is -2.33. The van der Waals surface area contributed by atoms with Gasteiger partial charge in [0.1, 0.15) is 26.4 Å². The van der Waals surface area contributed by atoms with Gasteiger partial charge in [-0.2, -0.15) is 0 Å². The molecule has 0 spiro atoms. The second kappa shape index (κ2) is 52.1. The number of carboxylic acid groups (broad SMARTS) is 5. The fourth-order valence-electron chi connectivity index (χ4n) is 8.82. The van der Waals surface area contributed by atoms with E-state index >= 15 is 0 Å². The number of rotatable bonds is 59. The lowest BCUT2D eigenvalue weighted by Crippen LogP contribution is -2.51. The van der Waals surface area contributed by atoms with E-state index in [9.17, 15) is 58.5 Å². The van der Waals surface area contributed by atoms with E-state index in [0.29, 0.717) is 12.8 Å². The van der Waals surface area contributed by atoms with Gasteiger partial charge in [-0.25, -0.2) is 4.79 Å². The van der Waals surface area contributed by atoms with Crippen LogP contribution in [0.1, 0.15) is 200 Å². The monoisotopic (exact) mass is 1150 g/mol. The number of ether oxygens (including phenoxy) is 6. The Morgan fingerprint density at radius 1 is 0.375 bits per heavy atom. The van der Waals surface area contributed by atoms with Gasteiger partial charge in [-0.05, 0) is 12.8 Å². The number of aliphatic carboxylic acids is 5.